The molecular formula is C14H17N5O2. The normalized spacial score (nSPS) is 15.6. The Labute approximate surface area is 122 Å². The van der Waals surface area contributed by atoms with Gasteiger partial charge in [-0.25, -0.2) is 0 Å². The van der Waals surface area contributed by atoms with Crippen molar-refractivity contribution < 1.29 is 9.32 Å². The number of rotatable bonds is 3. The second-order valence-corrected chi connectivity index (χ2v) is 5.00. The average Bonchev–Trinajstić information content (AvgIpc) is 2.99. The Bertz CT molecular complexity index is 637. The van der Waals surface area contributed by atoms with Crippen LogP contribution < -0.4 is 10.6 Å². The molecule has 1 amide bonds. The first-order chi connectivity index (χ1) is 10.2. The molecule has 1 aromatic heterocycles. The number of benzene rings is 1. The molecule has 1 aliphatic rings. The fourth-order valence-corrected chi connectivity index (χ4v) is 2.26. The molecule has 0 unspecified atom stereocenters. The second-order valence-electron chi connectivity index (χ2n) is 5.00. The van der Waals surface area contributed by atoms with E-state index < -0.39 is 0 Å². The highest BCUT2D eigenvalue weighted by atomic mass is 16.5. The summed E-state index contributed by atoms with van der Waals surface area (Å²) < 4.78 is 4.99. The third-order valence-electron chi connectivity index (χ3n) is 3.59. The number of hydrogen-bond acceptors (Lipinski definition) is 6. The lowest BCUT2D eigenvalue weighted by Crippen LogP contribution is -2.48. The molecule has 0 aliphatic carbocycles. The Morgan fingerprint density at radius 3 is 2.67 bits per heavy atom. The zero-order valence-electron chi connectivity index (χ0n) is 11.8. The summed E-state index contributed by atoms with van der Waals surface area (Å²) in [7, 11) is 1.83. The highest BCUT2D eigenvalue weighted by Crippen LogP contribution is 2.22. The van der Waals surface area contributed by atoms with E-state index in [1.807, 2.05) is 31.3 Å². The first kappa shape index (κ1) is 13.6. The molecule has 1 aromatic carbocycles. The molecule has 21 heavy (non-hydrogen) atoms. The lowest BCUT2D eigenvalue weighted by Gasteiger charge is -2.33. The summed E-state index contributed by atoms with van der Waals surface area (Å²) >= 11 is 0. The highest BCUT2D eigenvalue weighted by Gasteiger charge is 2.21. The van der Waals surface area contributed by atoms with Crippen LogP contribution in [0.4, 0.5) is 5.69 Å². The number of anilines is 1. The van der Waals surface area contributed by atoms with Crippen molar-refractivity contribution in [3.8, 4) is 11.4 Å². The standard InChI is InChI=1S/C14H17N5O2/c1-18-6-7-19(9-13(18)20)11-4-2-10(3-5-11)14-16-12(8-15)21-17-14/h2-5H,6-9,15H2,1H3. The first-order valence-corrected chi connectivity index (χ1v) is 6.79. The molecule has 2 heterocycles. The van der Waals surface area contributed by atoms with Crippen LogP contribution >= 0.6 is 0 Å². The number of carbonyl (C=O) groups is 1. The number of nitrogens with zero attached hydrogens (tertiary/aromatic N) is 4. The van der Waals surface area contributed by atoms with Gasteiger partial charge in [0.1, 0.15) is 0 Å². The number of piperazine rings is 1. The van der Waals surface area contributed by atoms with E-state index in [0.717, 1.165) is 24.3 Å². The number of nitrogens with two attached hydrogens (primary N) is 1. The minimum atomic E-state index is 0.135. The van der Waals surface area contributed by atoms with Gasteiger partial charge in [-0.05, 0) is 24.3 Å². The van der Waals surface area contributed by atoms with E-state index >= 15 is 0 Å². The molecule has 1 aliphatic heterocycles. The molecule has 110 valence electrons. The van der Waals surface area contributed by atoms with Gasteiger partial charge in [-0.2, -0.15) is 4.98 Å². The van der Waals surface area contributed by atoms with Gasteiger partial charge in [0.25, 0.3) is 0 Å². The van der Waals surface area contributed by atoms with E-state index in [2.05, 4.69) is 15.0 Å². The minimum absolute atomic E-state index is 0.135. The molecular weight excluding hydrogens is 270 g/mol. The van der Waals surface area contributed by atoms with Gasteiger partial charge in [-0.15, -0.1) is 0 Å². The summed E-state index contributed by atoms with van der Waals surface area (Å²) in [4.78, 5) is 19.7. The van der Waals surface area contributed by atoms with Crippen molar-refractivity contribution >= 4 is 11.6 Å². The van der Waals surface area contributed by atoms with Crippen LogP contribution in [0.3, 0.4) is 0 Å². The number of hydrogen-bond donors (Lipinski definition) is 1. The molecule has 7 heteroatoms. The number of likely N-dealkylation sites (N-methyl/N-ethyl adjacent to an activating group) is 1. The van der Waals surface area contributed by atoms with Gasteiger partial charge in [0.15, 0.2) is 0 Å². The third-order valence-corrected chi connectivity index (χ3v) is 3.59. The Hall–Kier alpha value is -2.41. The topological polar surface area (TPSA) is 88.5 Å². The van der Waals surface area contributed by atoms with E-state index in [9.17, 15) is 4.79 Å². The van der Waals surface area contributed by atoms with Crippen LogP contribution in [0.25, 0.3) is 11.4 Å². The predicted octanol–water partition coefficient (Wildman–Crippen LogP) is 0.474. The Kier molecular flexibility index (Phi) is 3.57. The maximum atomic E-state index is 11.7. The van der Waals surface area contributed by atoms with Gasteiger partial charge in [0, 0.05) is 31.4 Å². The summed E-state index contributed by atoms with van der Waals surface area (Å²) in [5.74, 6) is 1.08. The largest absolute Gasteiger partial charge is 0.360 e. The summed E-state index contributed by atoms with van der Waals surface area (Å²) in [6.07, 6.45) is 0. The van der Waals surface area contributed by atoms with Crippen LogP contribution in [0.5, 0.6) is 0 Å². The summed E-state index contributed by atoms with van der Waals surface area (Å²) in [6, 6.07) is 7.77. The smallest absolute Gasteiger partial charge is 0.241 e. The van der Waals surface area contributed by atoms with E-state index in [1.54, 1.807) is 4.90 Å². The van der Waals surface area contributed by atoms with Crippen molar-refractivity contribution in [1.29, 1.82) is 0 Å². The van der Waals surface area contributed by atoms with Crippen molar-refractivity contribution in [2.75, 3.05) is 31.6 Å². The molecule has 7 nitrogen and oxygen atoms in total. The highest BCUT2D eigenvalue weighted by molar-refractivity contribution is 5.82. The van der Waals surface area contributed by atoms with Crippen molar-refractivity contribution in [3.63, 3.8) is 0 Å². The summed E-state index contributed by atoms with van der Waals surface area (Å²) in [5.41, 5.74) is 7.33. The molecule has 0 atom stereocenters. The van der Waals surface area contributed by atoms with Crippen molar-refractivity contribution in [1.82, 2.24) is 15.0 Å². The fourth-order valence-electron chi connectivity index (χ4n) is 2.26. The molecule has 1 saturated heterocycles. The van der Waals surface area contributed by atoms with E-state index in [1.165, 1.54) is 0 Å². The van der Waals surface area contributed by atoms with Gasteiger partial charge in [-0.1, -0.05) is 5.16 Å². The zero-order valence-corrected chi connectivity index (χ0v) is 11.8. The Morgan fingerprint density at radius 2 is 2.05 bits per heavy atom. The van der Waals surface area contributed by atoms with Gasteiger partial charge in [0.2, 0.25) is 17.6 Å². The van der Waals surface area contributed by atoms with Crippen LogP contribution in [-0.4, -0.2) is 47.6 Å². The third kappa shape index (κ3) is 2.73. The van der Waals surface area contributed by atoms with Crippen LogP contribution in [0.1, 0.15) is 5.89 Å². The van der Waals surface area contributed by atoms with Gasteiger partial charge < -0.3 is 20.1 Å². The number of aromatic nitrogens is 2. The van der Waals surface area contributed by atoms with E-state index in [4.69, 9.17) is 10.3 Å². The predicted molar refractivity (Wildman–Crippen MR) is 77.5 cm³/mol. The maximum Gasteiger partial charge on any atom is 0.241 e. The minimum Gasteiger partial charge on any atom is -0.360 e. The number of carbonyl (C=O) groups excluding carboxylic acids is 1. The number of amides is 1. The SMILES string of the molecule is CN1CCN(c2ccc(-c3noc(CN)n3)cc2)CC1=O. The lowest BCUT2D eigenvalue weighted by atomic mass is 10.1. The van der Waals surface area contributed by atoms with Gasteiger partial charge in [0.05, 0.1) is 13.1 Å². The van der Waals surface area contributed by atoms with Gasteiger partial charge in [-0.3, -0.25) is 4.79 Å². The van der Waals surface area contributed by atoms with E-state index in [-0.39, 0.29) is 12.5 Å². The monoisotopic (exact) mass is 287 g/mol. The summed E-state index contributed by atoms with van der Waals surface area (Å²) in [6.45, 7) is 2.22. The first-order valence-electron chi connectivity index (χ1n) is 6.79. The van der Waals surface area contributed by atoms with Crippen molar-refractivity contribution in [2.45, 2.75) is 6.54 Å². The molecule has 0 spiro atoms. The zero-order chi connectivity index (χ0) is 14.8. The van der Waals surface area contributed by atoms with Crippen LogP contribution in [0.15, 0.2) is 28.8 Å². The second kappa shape index (κ2) is 5.53. The van der Waals surface area contributed by atoms with Gasteiger partial charge >= 0.3 is 0 Å². The molecule has 0 radical (unpaired) electrons. The Morgan fingerprint density at radius 1 is 1.29 bits per heavy atom. The molecule has 1 fully saturated rings. The van der Waals surface area contributed by atoms with Crippen LogP contribution in [0, 0.1) is 0 Å². The quantitative estimate of drug-likeness (QED) is 0.883. The van der Waals surface area contributed by atoms with Crippen molar-refractivity contribution in [3.05, 3.63) is 30.2 Å². The van der Waals surface area contributed by atoms with Crippen LogP contribution in [-0.2, 0) is 11.3 Å². The molecule has 0 saturated carbocycles. The summed E-state index contributed by atoms with van der Waals surface area (Å²) in [5, 5.41) is 3.88. The molecule has 3 rings (SSSR count). The Balaban J connectivity index is 1.76. The molecule has 2 aromatic rings. The molecule has 0 bridgehead atoms. The fraction of sp³-hybridized carbons (Fsp3) is 0.357. The maximum absolute atomic E-state index is 11.7. The van der Waals surface area contributed by atoms with E-state index in [0.29, 0.717) is 18.3 Å². The van der Waals surface area contributed by atoms with Crippen molar-refractivity contribution in [2.24, 2.45) is 5.73 Å². The average molecular weight is 287 g/mol. The lowest BCUT2D eigenvalue weighted by molar-refractivity contribution is -0.129. The van der Waals surface area contributed by atoms with Crippen LogP contribution in [0.2, 0.25) is 0 Å². The molecule has 2 N–H and O–H groups in total.